The van der Waals surface area contributed by atoms with Gasteiger partial charge < -0.3 is 0 Å². The van der Waals surface area contributed by atoms with Crippen molar-refractivity contribution >= 4 is 7.85 Å². The standard InChI is InChI=1S/C24H24BF3/c25-14-3-1-2-13-24(18-7-4-10-21(26)15-18,19-8-5-11-22(27)16-19)20-9-6-12-23(28)17-20/h4-12,15-17H,1-3,13-14,25H2. The molecule has 3 rings (SSSR count). The summed E-state index contributed by atoms with van der Waals surface area (Å²) in [5, 5.41) is 0. The van der Waals surface area contributed by atoms with Crippen molar-refractivity contribution in [2.24, 2.45) is 0 Å². The summed E-state index contributed by atoms with van der Waals surface area (Å²) in [4.78, 5) is 0. The first-order valence-electron chi connectivity index (χ1n) is 9.84. The molecule has 0 atom stereocenters. The van der Waals surface area contributed by atoms with Crippen LogP contribution >= 0.6 is 0 Å². The van der Waals surface area contributed by atoms with Gasteiger partial charge in [-0.2, -0.15) is 0 Å². The van der Waals surface area contributed by atoms with E-state index in [2.05, 4.69) is 7.85 Å². The van der Waals surface area contributed by atoms with E-state index in [-0.39, 0.29) is 17.5 Å². The van der Waals surface area contributed by atoms with E-state index < -0.39 is 5.41 Å². The van der Waals surface area contributed by atoms with Crippen molar-refractivity contribution in [2.45, 2.75) is 37.4 Å². The molecule has 0 saturated heterocycles. The van der Waals surface area contributed by atoms with Gasteiger partial charge in [-0.25, -0.2) is 13.2 Å². The maximum atomic E-state index is 14.2. The first kappa shape index (κ1) is 20.3. The number of hydrogen-bond donors (Lipinski definition) is 0. The van der Waals surface area contributed by atoms with Gasteiger partial charge in [0.2, 0.25) is 0 Å². The summed E-state index contributed by atoms with van der Waals surface area (Å²) in [6.07, 6.45) is 4.71. The van der Waals surface area contributed by atoms with Gasteiger partial charge in [-0.1, -0.05) is 62.0 Å². The van der Waals surface area contributed by atoms with Crippen LogP contribution in [0.25, 0.3) is 0 Å². The molecule has 0 bridgehead atoms. The molecule has 0 amide bonds. The van der Waals surface area contributed by atoms with Crippen molar-refractivity contribution in [1.29, 1.82) is 0 Å². The fourth-order valence-electron chi connectivity index (χ4n) is 4.01. The lowest BCUT2D eigenvalue weighted by molar-refractivity contribution is 0.502. The van der Waals surface area contributed by atoms with Gasteiger partial charge in [0.05, 0.1) is 0 Å². The zero-order valence-corrected chi connectivity index (χ0v) is 16.1. The molecule has 0 N–H and O–H groups in total. The normalized spacial score (nSPS) is 11.5. The van der Waals surface area contributed by atoms with Gasteiger partial charge >= 0.3 is 0 Å². The van der Waals surface area contributed by atoms with Crippen LogP contribution in [0, 0.1) is 17.5 Å². The third-order valence-corrected chi connectivity index (χ3v) is 5.36. The van der Waals surface area contributed by atoms with Gasteiger partial charge in [0.15, 0.2) is 0 Å². The minimum atomic E-state index is -0.819. The Morgan fingerprint density at radius 1 is 0.607 bits per heavy atom. The highest BCUT2D eigenvalue weighted by molar-refractivity contribution is 6.08. The maximum Gasteiger partial charge on any atom is 0.123 e. The average Bonchev–Trinajstić information content (AvgIpc) is 2.68. The molecule has 0 spiro atoms. The molecule has 3 aromatic rings. The van der Waals surface area contributed by atoms with Crippen molar-refractivity contribution in [3.05, 3.63) is 107 Å². The molecule has 0 aliphatic rings. The second-order valence-corrected chi connectivity index (χ2v) is 7.25. The van der Waals surface area contributed by atoms with E-state index in [1.807, 2.05) is 18.2 Å². The molecule has 0 aliphatic carbocycles. The van der Waals surface area contributed by atoms with Crippen molar-refractivity contribution in [2.75, 3.05) is 0 Å². The van der Waals surface area contributed by atoms with Crippen LogP contribution in [0.5, 0.6) is 0 Å². The number of halogens is 3. The molecular weight excluding hydrogens is 356 g/mol. The Bertz CT molecular complexity index is 812. The maximum absolute atomic E-state index is 14.2. The molecule has 0 saturated carbocycles. The molecule has 4 heteroatoms. The Morgan fingerprint density at radius 2 is 1.04 bits per heavy atom. The molecule has 0 aliphatic heterocycles. The Kier molecular flexibility index (Phi) is 6.61. The lowest BCUT2D eigenvalue weighted by atomic mass is 9.66. The Hall–Kier alpha value is -2.49. The fraction of sp³-hybridized carbons (Fsp3) is 0.250. The van der Waals surface area contributed by atoms with Gasteiger partial charge in [0.25, 0.3) is 0 Å². The van der Waals surface area contributed by atoms with Gasteiger partial charge in [0, 0.05) is 5.41 Å². The van der Waals surface area contributed by atoms with E-state index in [0.29, 0.717) is 23.1 Å². The van der Waals surface area contributed by atoms with Crippen LogP contribution in [0.2, 0.25) is 6.32 Å². The van der Waals surface area contributed by atoms with Crippen LogP contribution in [0.4, 0.5) is 13.2 Å². The highest BCUT2D eigenvalue weighted by atomic mass is 19.1. The van der Waals surface area contributed by atoms with Crippen molar-refractivity contribution < 1.29 is 13.2 Å². The summed E-state index contributed by atoms with van der Waals surface area (Å²) < 4.78 is 42.5. The van der Waals surface area contributed by atoms with E-state index in [9.17, 15) is 13.2 Å². The summed E-state index contributed by atoms with van der Waals surface area (Å²) >= 11 is 0. The number of hydrogen-bond acceptors (Lipinski definition) is 0. The molecule has 0 nitrogen and oxygen atoms in total. The Morgan fingerprint density at radius 3 is 1.39 bits per heavy atom. The third-order valence-electron chi connectivity index (χ3n) is 5.36. The zero-order chi connectivity index (χ0) is 20.0. The first-order valence-corrected chi connectivity index (χ1v) is 9.84. The molecule has 0 unspecified atom stereocenters. The monoisotopic (exact) mass is 380 g/mol. The van der Waals surface area contributed by atoms with E-state index in [4.69, 9.17) is 0 Å². The van der Waals surface area contributed by atoms with Gasteiger partial charge in [0.1, 0.15) is 25.3 Å². The van der Waals surface area contributed by atoms with Crippen LogP contribution in [0.15, 0.2) is 72.8 Å². The SMILES string of the molecule is BCCCCCC(c1cccc(F)c1)(c1cccc(F)c1)c1cccc(F)c1. The predicted octanol–water partition coefficient (Wildman–Crippen LogP) is 6.05. The third kappa shape index (κ3) is 4.32. The average molecular weight is 380 g/mol. The van der Waals surface area contributed by atoms with Crippen molar-refractivity contribution in [3.8, 4) is 0 Å². The van der Waals surface area contributed by atoms with Crippen LogP contribution in [0.3, 0.4) is 0 Å². The molecule has 0 radical (unpaired) electrons. The predicted molar refractivity (Wildman–Crippen MR) is 111 cm³/mol. The Balaban J connectivity index is 2.24. The Labute approximate surface area is 165 Å². The molecular formula is C24H24BF3. The molecule has 0 heterocycles. The van der Waals surface area contributed by atoms with E-state index in [1.165, 1.54) is 36.4 Å². The minimum Gasteiger partial charge on any atom is -0.207 e. The smallest absolute Gasteiger partial charge is 0.123 e. The number of unbranched alkanes of at least 4 members (excludes halogenated alkanes) is 2. The first-order chi connectivity index (χ1) is 13.6. The summed E-state index contributed by atoms with van der Waals surface area (Å²) in [6, 6.07) is 19.1. The molecule has 0 aromatic heterocycles. The zero-order valence-electron chi connectivity index (χ0n) is 16.1. The van der Waals surface area contributed by atoms with E-state index >= 15 is 0 Å². The molecule has 28 heavy (non-hydrogen) atoms. The highest BCUT2D eigenvalue weighted by Gasteiger charge is 2.36. The summed E-state index contributed by atoms with van der Waals surface area (Å²) in [5.41, 5.74) is 1.31. The largest absolute Gasteiger partial charge is 0.207 e. The summed E-state index contributed by atoms with van der Waals surface area (Å²) in [7, 11) is 2.14. The number of rotatable bonds is 8. The van der Waals surface area contributed by atoms with Gasteiger partial charge in [-0.15, -0.1) is 0 Å². The van der Waals surface area contributed by atoms with E-state index in [1.54, 1.807) is 18.2 Å². The molecule has 144 valence electrons. The number of benzene rings is 3. The van der Waals surface area contributed by atoms with Crippen molar-refractivity contribution in [1.82, 2.24) is 0 Å². The molecule has 0 fully saturated rings. The van der Waals surface area contributed by atoms with Gasteiger partial charge in [-0.3, -0.25) is 0 Å². The second-order valence-electron chi connectivity index (χ2n) is 7.25. The highest BCUT2D eigenvalue weighted by Crippen LogP contribution is 2.44. The van der Waals surface area contributed by atoms with Crippen molar-refractivity contribution in [3.63, 3.8) is 0 Å². The van der Waals surface area contributed by atoms with E-state index in [0.717, 1.165) is 25.6 Å². The summed E-state index contributed by atoms with van der Waals surface area (Å²) in [6.45, 7) is 0. The minimum absolute atomic E-state index is 0.358. The molecule has 3 aromatic carbocycles. The lowest BCUT2D eigenvalue weighted by Crippen LogP contribution is -2.30. The van der Waals surface area contributed by atoms with Gasteiger partial charge in [-0.05, 0) is 59.5 Å². The summed E-state index contributed by atoms with van der Waals surface area (Å²) in [5.74, 6) is -1.07. The van der Waals surface area contributed by atoms with Crippen LogP contribution < -0.4 is 0 Å². The van der Waals surface area contributed by atoms with Crippen LogP contribution in [0.1, 0.15) is 42.4 Å². The second kappa shape index (κ2) is 9.14. The van der Waals surface area contributed by atoms with Crippen LogP contribution in [-0.2, 0) is 5.41 Å². The quantitative estimate of drug-likeness (QED) is 0.254. The van der Waals surface area contributed by atoms with Crippen LogP contribution in [-0.4, -0.2) is 7.85 Å². The lowest BCUT2D eigenvalue weighted by Gasteiger charge is -2.36. The topological polar surface area (TPSA) is 0 Å². The fourth-order valence-corrected chi connectivity index (χ4v) is 4.01.